The molecule has 2 atom stereocenters. The Morgan fingerprint density at radius 1 is 1.33 bits per heavy atom. The van der Waals surface area contributed by atoms with Gasteiger partial charge >= 0.3 is 0 Å². The fourth-order valence-electron chi connectivity index (χ4n) is 3.59. The predicted octanol–water partition coefficient (Wildman–Crippen LogP) is 1.25. The van der Waals surface area contributed by atoms with Crippen LogP contribution in [-0.2, 0) is 4.79 Å². The van der Waals surface area contributed by atoms with Crippen LogP contribution in [0.2, 0.25) is 0 Å². The van der Waals surface area contributed by atoms with Gasteiger partial charge in [-0.15, -0.1) is 0 Å². The number of rotatable bonds is 4. The molecule has 0 aromatic heterocycles. The van der Waals surface area contributed by atoms with Crippen LogP contribution in [0.4, 0.5) is 0 Å². The van der Waals surface area contributed by atoms with Gasteiger partial charge in [0.25, 0.3) is 0 Å². The van der Waals surface area contributed by atoms with Gasteiger partial charge in [0.2, 0.25) is 5.91 Å². The molecule has 2 rings (SSSR count). The van der Waals surface area contributed by atoms with Crippen molar-refractivity contribution in [3.8, 4) is 0 Å². The maximum atomic E-state index is 11.8. The first-order chi connectivity index (χ1) is 8.53. The van der Waals surface area contributed by atoms with Gasteiger partial charge in [0.1, 0.15) is 0 Å². The van der Waals surface area contributed by atoms with Crippen molar-refractivity contribution >= 4 is 5.91 Å². The van der Waals surface area contributed by atoms with Crippen molar-refractivity contribution in [2.24, 2.45) is 5.73 Å². The van der Waals surface area contributed by atoms with E-state index in [1.165, 1.54) is 32.4 Å². The van der Waals surface area contributed by atoms with E-state index in [2.05, 4.69) is 24.1 Å². The lowest BCUT2D eigenvalue weighted by molar-refractivity contribution is -0.124. The average molecular weight is 253 g/mol. The second-order valence-corrected chi connectivity index (χ2v) is 6.24. The van der Waals surface area contributed by atoms with Crippen molar-refractivity contribution in [2.75, 3.05) is 13.1 Å². The largest absolute Gasteiger partial charge is 0.368 e. The molecule has 1 heterocycles. The molecule has 1 saturated carbocycles. The highest BCUT2D eigenvalue weighted by Crippen LogP contribution is 2.34. The van der Waals surface area contributed by atoms with Gasteiger partial charge in [-0.3, -0.25) is 4.79 Å². The molecular formula is C14H27N3O. The van der Waals surface area contributed by atoms with E-state index in [4.69, 9.17) is 5.73 Å². The molecule has 1 amide bonds. The Hall–Kier alpha value is -0.610. The summed E-state index contributed by atoms with van der Waals surface area (Å²) in [6.45, 7) is 6.56. The van der Waals surface area contributed by atoms with Crippen LogP contribution in [0.5, 0.6) is 0 Å². The van der Waals surface area contributed by atoms with Crippen LogP contribution in [0.25, 0.3) is 0 Å². The van der Waals surface area contributed by atoms with Crippen LogP contribution in [0, 0.1) is 0 Å². The first-order valence-electron chi connectivity index (χ1n) is 7.35. The first-order valence-corrected chi connectivity index (χ1v) is 7.35. The molecule has 0 spiro atoms. The highest BCUT2D eigenvalue weighted by molar-refractivity contribution is 5.85. The van der Waals surface area contributed by atoms with Crippen molar-refractivity contribution in [1.29, 1.82) is 0 Å². The molecule has 0 bridgehead atoms. The molecule has 4 nitrogen and oxygen atoms in total. The number of hydrogen-bond donors (Lipinski definition) is 2. The summed E-state index contributed by atoms with van der Waals surface area (Å²) in [4.78, 5) is 14.4. The Balaban J connectivity index is 2.00. The van der Waals surface area contributed by atoms with Crippen LogP contribution < -0.4 is 11.1 Å². The molecule has 1 aliphatic carbocycles. The SMILES string of the molecule is CC(C)NC1(C(N)=O)CCC(N2CCCCC2)C1. The quantitative estimate of drug-likeness (QED) is 0.792. The summed E-state index contributed by atoms with van der Waals surface area (Å²) >= 11 is 0. The molecule has 2 aliphatic rings. The summed E-state index contributed by atoms with van der Waals surface area (Å²) in [5, 5.41) is 3.42. The topological polar surface area (TPSA) is 58.4 Å². The molecule has 18 heavy (non-hydrogen) atoms. The number of piperidine rings is 1. The number of hydrogen-bond acceptors (Lipinski definition) is 3. The van der Waals surface area contributed by atoms with Crippen LogP contribution in [0.15, 0.2) is 0 Å². The average Bonchev–Trinajstić information content (AvgIpc) is 2.75. The van der Waals surface area contributed by atoms with Crippen LogP contribution in [0.3, 0.4) is 0 Å². The zero-order valence-electron chi connectivity index (χ0n) is 11.7. The lowest BCUT2D eigenvalue weighted by Gasteiger charge is -2.34. The Morgan fingerprint density at radius 3 is 2.56 bits per heavy atom. The standard InChI is InChI=1S/C14H27N3O/c1-11(2)16-14(13(15)18)7-6-12(10-14)17-8-4-3-5-9-17/h11-12,16H,3-10H2,1-2H3,(H2,15,18). The summed E-state index contributed by atoms with van der Waals surface area (Å²) in [5.74, 6) is -0.171. The van der Waals surface area contributed by atoms with E-state index in [1.807, 2.05) is 0 Å². The van der Waals surface area contributed by atoms with E-state index in [0.717, 1.165) is 19.3 Å². The fourth-order valence-corrected chi connectivity index (χ4v) is 3.59. The molecule has 0 aromatic carbocycles. The molecule has 0 radical (unpaired) electrons. The van der Waals surface area contributed by atoms with Gasteiger partial charge in [0.15, 0.2) is 0 Å². The lowest BCUT2D eigenvalue weighted by Crippen LogP contribution is -2.57. The molecule has 3 N–H and O–H groups in total. The third-order valence-corrected chi connectivity index (χ3v) is 4.43. The first kappa shape index (κ1) is 13.8. The number of nitrogens with one attached hydrogen (secondary N) is 1. The summed E-state index contributed by atoms with van der Waals surface area (Å²) in [7, 11) is 0. The van der Waals surface area contributed by atoms with Crippen molar-refractivity contribution in [1.82, 2.24) is 10.2 Å². The summed E-state index contributed by atoms with van der Waals surface area (Å²) in [6.07, 6.45) is 6.84. The second-order valence-electron chi connectivity index (χ2n) is 6.24. The zero-order valence-corrected chi connectivity index (χ0v) is 11.7. The van der Waals surface area contributed by atoms with Crippen LogP contribution in [0.1, 0.15) is 52.4 Å². The van der Waals surface area contributed by atoms with E-state index in [-0.39, 0.29) is 5.91 Å². The summed E-state index contributed by atoms with van der Waals surface area (Å²) < 4.78 is 0. The number of likely N-dealkylation sites (tertiary alicyclic amines) is 1. The van der Waals surface area contributed by atoms with Gasteiger partial charge in [-0.05, 0) is 59.0 Å². The lowest BCUT2D eigenvalue weighted by atomic mass is 9.94. The number of primary amides is 1. The molecule has 1 saturated heterocycles. The second kappa shape index (κ2) is 5.57. The minimum atomic E-state index is -0.462. The van der Waals surface area contributed by atoms with E-state index in [1.54, 1.807) is 0 Å². The maximum absolute atomic E-state index is 11.8. The Morgan fingerprint density at radius 2 is 2.00 bits per heavy atom. The Bertz CT molecular complexity index is 299. The number of carbonyl (C=O) groups is 1. The van der Waals surface area contributed by atoms with E-state index in [9.17, 15) is 4.79 Å². The van der Waals surface area contributed by atoms with E-state index >= 15 is 0 Å². The number of nitrogens with zero attached hydrogens (tertiary/aromatic N) is 1. The van der Waals surface area contributed by atoms with Crippen molar-refractivity contribution < 1.29 is 4.79 Å². The monoisotopic (exact) mass is 253 g/mol. The molecule has 1 aliphatic heterocycles. The number of amides is 1. The van der Waals surface area contributed by atoms with Gasteiger partial charge in [0, 0.05) is 12.1 Å². The van der Waals surface area contributed by atoms with Crippen molar-refractivity contribution in [3.63, 3.8) is 0 Å². The molecule has 4 heteroatoms. The third kappa shape index (κ3) is 2.86. The highest BCUT2D eigenvalue weighted by atomic mass is 16.1. The number of carbonyl (C=O) groups excluding carboxylic acids is 1. The summed E-state index contributed by atoms with van der Waals surface area (Å²) in [5.41, 5.74) is 5.19. The molecule has 104 valence electrons. The smallest absolute Gasteiger partial charge is 0.237 e. The van der Waals surface area contributed by atoms with E-state index < -0.39 is 5.54 Å². The molecule has 2 fully saturated rings. The van der Waals surface area contributed by atoms with Crippen molar-refractivity contribution in [2.45, 2.75) is 70.0 Å². The third-order valence-electron chi connectivity index (χ3n) is 4.43. The van der Waals surface area contributed by atoms with Crippen LogP contribution >= 0.6 is 0 Å². The fraction of sp³-hybridized carbons (Fsp3) is 0.929. The maximum Gasteiger partial charge on any atom is 0.237 e. The zero-order chi connectivity index (χ0) is 13.2. The van der Waals surface area contributed by atoms with Gasteiger partial charge in [-0.25, -0.2) is 0 Å². The minimum Gasteiger partial charge on any atom is -0.368 e. The molecular weight excluding hydrogens is 226 g/mol. The Labute approximate surface area is 110 Å². The van der Waals surface area contributed by atoms with Crippen molar-refractivity contribution in [3.05, 3.63) is 0 Å². The van der Waals surface area contributed by atoms with E-state index in [0.29, 0.717) is 12.1 Å². The predicted molar refractivity (Wildman–Crippen MR) is 73.3 cm³/mol. The molecule has 2 unspecified atom stereocenters. The highest BCUT2D eigenvalue weighted by Gasteiger charge is 2.45. The minimum absolute atomic E-state index is 0.171. The van der Waals surface area contributed by atoms with Gasteiger partial charge < -0.3 is 16.0 Å². The Kier molecular flexibility index (Phi) is 4.28. The number of nitrogens with two attached hydrogens (primary N) is 1. The van der Waals surface area contributed by atoms with Gasteiger partial charge in [-0.1, -0.05) is 6.42 Å². The van der Waals surface area contributed by atoms with Gasteiger partial charge in [0.05, 0.1) is 5.54 Å². The molecule has 0 aromatic rings. The van der Waals surface area contributed by atoms with Gasteiger partial charge in [-0.2, -0.15) is 0 Å². The normalized spacial score (nSPS) is 34.1. The van der Waals surface area contributed by atoms with Crippen LogP contribution in [-0.4, -0.2) is 41.5 Å². The summed E-state index contributed by atoms with van der Waals surface area (Å²) in [6, 6.07) is 0.849.